The molecule has 0 radical (unpaired) electrons. The average molecular weight is 267 g/mol. The Hall–Kier alpha value is -1.33. The Bertz CT molecular complexity index is 402. The fourth-order valence-electron chi connectivity index (χ4n) is 2.41. The first-order valence-corrected chi connectivity index (χ1v) is 6.58. The smallest absolute Gasteiger partial charge is 0.247 e. The molecular weight excluding hydrogens is 246 g/mol. The minimum Gasteiger partial charge on any atom is -0.497 e. The molecule has 2 aliphatic rings. The van der Waals surface area contributed by atoms with E-state index in [1.807, 2.05) is 13.0 Å². The van der Waals surface area contributed by atoms with Gasteiger partial charge >= 0.3 is 0 Å². The van der Waals surface area contributed by atoms with Crippen molar-refractivity contribution in [2.45, 2.75) is 38.5 Å². The molecule has 19 heavy (non-hydrogen) atoms. The molecule has 0 bridgehead atoms. The lowest BCUT2D eigenvalue weighted by atomic mass is 10.1. The summed E-state index contributed by atoms with van der Waals surface area (Å²) >= 11 is 0. The largest absolute Gasteiger partial charge is 0.497 e. The van der Waals surface area contributed by atoms with Crippen LogP contribution < -0.4 is 5.32 Å². The summed E-state index contributed by atoms with van der Waals surface area (Å²) in [6.07, 6.45) is 4.59. The number of carbonyl (C=O) groups is 1. The Labute approximate surface area is 113 Å². The van der Waals surface area contributed by atoms with E-state index in [-0.39, 0.29) is 24.2 Å². The molecule has 0 spiro atoms. The second-order valence-electron chi connectivity index (χ2n) is 4.80. The third-order valence-corrected chi connectivity index (χ3v) is 3.52. The van der Waals surface area contributed by atoms with Crippen LogP contribution in [0.4, 0.5) is 0 Å². The van der Waals surface area contributed by atoms with Gasteiger partial charge in [-0.05, 0) is 32.4 Å². The predicted molar refractivity (Wildman–Crippen MR) is 70.6 cm³/mol. The van der Waals surface area contributed by atoms with E-state index in [9.17, 15) is 4.79 Å². The van der Waals surface area contributed by atoms with Gasteiger partial charge in [-0.1, -0.05) is 0 Å². The average Bonchev–Trinajstić information content (AvgIpc) is 3.00. The van der Waals surface area contributed by atoms with E-state index >= 15 is 0 Å². The zero-order valence-electron chi connectivity index (χ0n) is 11.6. The van der Waals surface area contributed by atoms with Gasteiger partial charge in [-0.3, -0.25) is 4.79 Å². The van der Waals surface area contributed by atoms with E-state index in [1.165, 1.54) is 0 Å². The van der Waals surface area contributed by atoms with Crippen molar-refractivity contribution < 1.29 is 19.0 Å². The van der Waals surface area contributed by atoms with Gasteiger partial charge in [0, 0.05) is 12.2 Å². The molecule has 2 aliphatic heterocycles. The van der Waals surface area contributed by atoms with Gasteiger partial charge in [-0.2, -0.15) is 0 Å². The van der Waals surface area contributed by atoms with Crippen molar-refractivity contribution in [3.8, 4) is 0 Å². The summed E-state index contributed by atoms with van der Waals surface area (Å²) in [5, 5.41) is 2.96. The van der Waals surface area contributed by atoms with E-state index in [4.69, 9.17) is 14.2 Å². The number of hydrogen-bond acceptors (Lipinski definition) is 4. The fourth-order valence-corrected chi connectivity index (χ4v) is 2.41. The van der Waals surface area contributed by atoms with Crippen molar-refractivity contribution >= 4 is 5.91 Å². The van der Waals surface area contributed by atoms with Crippen molar-refractivity contribution in [1.82, 2.24) is 5.32 Å². The standard InChI is InChI=1S/C14H21NO4/c1-4-10(17-3)7-9(2)14(16)15-11-8-19-12-5-6-18-13(11)12/h4,7,11-13H,5-6,8H2,1-3H3,(H,15,16). The van der Waals surface area contributed by atoms with Gasteiger partial charge in [-0.25, -0.2) is 0 Å². The number of allylic oxidation sites excluding steroid dienone is 2. The summed E-state index contributed by atoms with van der Waals surface area (Å²) in [5.41, 5.74) is 0.608. The van der Waals surface area contributed by atoms with Crippen LogP contribution >= 0.6 is 0 Å². The molecule has 5 heteroatoms. The van der Waals surface area contributed by atoms with Gasteiger partial charge in [0.2, 0.25) is 5.91 Å². The molecule has 0 aromatic heterocycles. The molecule has 106 valence electrons. The monoisotopic (exact) mass is 267 g/mol. The summed E-state index contributed by atoms with van der Waals surface area (Å²) in [4.78, 5) is 12.1. The second-order valence-corrected chi connectivity index (χ2v) is 4.80. The predicted octanol–water partition coefficient (Wildman–Crippen LogP) is 1.16. The molecular formula is C14H21NO4. The lowest BCUT2D eigenvalue weighted by Crippen LogP contribution is -2.44. The third kappa shape index (κ3) is 3.16. The fraction of sp³-hybridized carbons (Fsp3) is 0.643. The first-order valence-electron chi connectivity index (χ1n) is 6.58. The minimum atomic E-state index is -0.110. The summed E-state index contributed by atoms with van der Waals surface area (Å²) in [6.45, 7) is 4.86. The quantitative estimate of drug-likeness (QED) is 0.472. The molecule has 0 aliphatic carbocycles. The molecule has 1 N–H and O–H groups in total. The van der Waals surface area contributed by atoms with E-state index in [1.54, 1.807) is 20.1 Å². The van der Waals surface area contributed by atoms with Gasteiger partial charge in [0.15, 0.2) is 0 Å². The van der Waals surface area contributed by atoms with Crippen LogP contribution in [0.2, 0.25) is 0 Å². The van der Waals surface area contributed by atoms with Crippen molar-refractivity contribution in [1.29, 1.82) is 0 Å². The number of hydrogen-bond donors (Lipinski definition) is 1. The van der Waals surface area contributed by atoms with Crippen molar-refractivity contribution in [2.24, 2.45) is 0 Å². The lowest BCUT2D eigenvalue weighted by molar-refractivity contribution is -0.118. The Kier molecular flexibility index (Phi) is 4.61. The number of ether oxygens (including phenoxy) is 3. The Morgan fingerprint density at radius 1 is 1.42 bits per heavy atom. The number of methoxy groups -OCH3 is 1. The molecule has 0 saturated carbocycles. The van der Waals surface area contributed by atoms with Gasteiger partial charge in [0.05, 0.1) is 25.9 Å². The van der Waals surface area contributed by atoms with Crippen molar-refractivity contribution in [3.05, 3.63) is 23.5 Å². The van der Waals surface area contributed by atoms with Gasteiger partial charge in [-0.15, -0.1) is 0 Å². The van der Waals surface area contributed by atoms with Crippen LogP contribution in [0.15, 0.2) is 23.5 Å². The molecule has 3 unspecified atom stereocenters. The normalized spacial score (nSPS) is 31.2. The maximum absolute atomic E-state index is 12.1. The number of fused-ring (bicyclic) bond motifs is 1. The molecule has 2 heterocycles. The SMILES string of the molecule is CC=C(C=C(C)C(=O)NC1COC2CCOC12)OC. The highest BCUT2D eigenvalue weighted by molar-refractivity contribution is 5.93. The molecule has 2 fully saturated rings. The van der Waals surface area contributed by atoms with E-state index in [0.29, 0.717) is 24.5 Å². The highest BCUT2D eigenvalue weighted by atomic mass is 16.6. The second kappa shape index (κ2) is 6.21. The van der Waals surface area contributed by atoms with Crippen LogP contribution in [-0.2, 0) is 19.0 Å². The highest BCUT2D eigenvalue weighted by Gasteiger charge is 2.42. The first-order chi connectivity index (χ1) is 9.15. The number of rotatable bonds is 4. The van der Waals surface area contributed by atoms with Crippen molar-refractivity contribution in [3.63, 3.8) is 0 Å². The number of amides is 1. The minimum absolute atomic E-state index is 0.000336. The Morgan fingerprint density at radius 3 is 2.89 bits per heavy atom. The Morgan fingerprint density at radius 2 is 2.21 bits per heavy atom. The summed E-state index contributed by atoms with van der Waals surface area (Å²) < 4.78 is 16.3. The van der Waals surface area contributed by atoms with Crippen LogP contribution in [0.3, 0.4) is 0 Å². The number of carbonyl (C=O) groups excluding carboxylic acids is 1. The van der Waals surface area contributed by atoms with Gasteiger partial charge < -0.3 is 19.5 Å². The van der Waals surface area contributed by atoms with E-state index in [0.717, 1.165) is 6.42 Å². The molecule has 0 aromatic rings. The zero-order valence-corrected chi connectivity index (χ0v) is 11.6. The highest BCUT2D eigenvalue weighted by Crippen LogP contribution is 2.26. The van der Waals surface area contributed by atoms with Crippen LogP contribution in [0.5, 0.6) is 0 Å². The lowest BCUT2D eigenvalue weighted by Gasteiger charge is -2.17. The van der Waals surface area contributed by atoms with Gasteiger partial charge in [0.1, 0.15) is 11.9 Å². The van der Waals surface area contributed by atoms with Crippen LogP contribution in [-0.4, -0.2) is 44.5 Å². The number of nitrogens with one attached hydrogen (secondary N) is 1. The summed E-state index contributed by atoms with van der Waals surface area (Å²) in [7, 11) is 1.58. The molecule has 1 amide bonds. The maximum Gasteiger partial charge on any atom is 0.247 e. The molecule has 3 atom stereocenters. The Balaban J connectivity index is 1.94. The molecule has 2 saturated heterocycles. The third-order valence-electron chi connectivity index (χ3n) is 3.52. The van der Waals surface area contributed by atoms with Crippen LogP contribution in [0, 0.1) is 0 Å². The molecule has 0 aromatic carbocycles. The topological polar surface area (TPSA) is 56.8 Å². The van der Waals surface area contributed by atoms with E-state index in [2.05, 4.69) is 5.32 Å². The molecule has 5 nitrogen and oxygen atoms in total. The van der Waals surface area contributed by atoms with Gasteiger partial charge in [0.25, 0.3) is 0 Å². The van der Waals surface area contributed by atoms with Crippen LogP contribution in [0.1, 0.15) is 20.3 Å². The molecule has 2 rings (SSSR count). The van der Waals surface area contributed by atoms with Crippen molar-refractivity contribution in [2.75, 3.05) is 20.3 Å². The summed E-state index contributed by atoms with van der Waals surface area (Å²) in [5.74, 6) is 0.562. The van der Waals surface area contributed by atoms with Crippen LogP contribution in [0.25, 0.3) is 0 Å². The van der Waals surface area contributed by atoms with E-state index < -0.39 is 0 Å². The summed E-state index contributed by atoms with van der Waals surface area (Å²) in [6, 6.07) is -0.0556. The first kappa shape index (κ1) is 14.1. The maximum atomic E-state index is 12.1. The zero-order chi connectivity index (χ0) is 13.8.